The average Bonchev–Trinajstić information content (AvgIpc) is 2.82. The lowest BCUT2D eigenvalue weighted by Crippen LogP contribution is -2.34. The van der Waals surface area contributed by atoms with Crippen molar-refractivity contribution in [2.24, 2.45) is 11.8 Å². The van der Waals surface area contributed by atoms with E-state index in [9.17, 15) is 19.5 Å². The molecule has 6 nitrogen and oxygen atoms in total. The molecule has 0 spiro atoms. The Morgan fingerprint density at radius 2 is 1.85 bits per heavy atom. The zero-order valence-corrected chi connectivity index (χ0v) is 16.3. The molecule has 27 heavy (non-hydrogen) atoms. The van der Waals surface area contributed by atoms with Crippen molar-refractivity contribution in [2.75, 3.05) is 11.9 Å². The van der Waals surface area contributed by atoms with Gasteiger partial charge in [0.1, 0.15) is 5.00 Å². The Hall–Kier alpha value is -2.15. The number of carboxylic acid groups (broad SMARTS) is 1. The number of thiophene rings is 1. The second-order valence-electron chi connectivity index (χ2n) is 6.97. The Labute approximate surface area is 162 Å². The average molecular weight is 391 g/mol. The highest BCUT2D eigenvalue weighted by Gasteiger charge is 2.35. The smallest absolute Gasteiger partial charge is 0.341 e. The van der Waals surface area contributed by atoms with Crippen molar-refractivity contribution < 1.29 is 24.2 Å². The molecule has 0 fully saturated rings. The van der Waals surface area contributed by atoms with Crippen LogP contribution in [0.15, 0.2) is 12.2 Å². The second kappa shape index (κ2) is 8.69. The van der Waals surface area contributed by atoms with Gasteiger partial charge in [0.2, 0.25) is 5.91 Å². The van der Waals surface area contributed by atoms with Crippen LogP contribution in [0.3, 0.4) is 0 Å². The topological polar surface area (TPSA) is 92.7 Å². The number of aryl methyl sites for hydroxylation is 1. The Morgan fingerprint density at radius 3 is 2.56 bits per heavy atom. The van der Waals surface area contributed by atoms with E-state index in [1.165, 1.54) is 11.3 Å². The minimum atomic E-state index is -0.966. The van der Waals surface area contributed by atoms with Crippen LogP contribution in [0.1, 0.15) is 59.8 Å². The fourth-order valence-corrected chi connectivity index (χ4v) is 5.11. The first-order valence-electron chi connectivity index (χ1n) is 9.53. The number of allylic oxidation sites excluding steroid dienone is 2. The predicted octanol–water partition coefficient (Wildman–Crippen LogP) is 3.80. The molecule has 2 aliphatic carbocycles. The van der Waals surface area contributed by atoms with Gasteiger partial charge in [0, 0.05) is 4.88 Å². The van der Waals surface area contributed by atoms with Crippen molar-refractivity contribution in [1.29, 1.82) is 0 Å². The van der Waals surface area contributed by atoms with Crippen LogP contribution in [0.5, 0.6) is 0 Å². The van der Waals surface area contributed by atoms with Crippen LogP contribution in [0.2, 0.25) is 0 Å². The molecule has 1 heterocycles. The van der Waals surface area contributed by atoms with E-state index < -0.39 is 23.8 Å². The molecule has 7 heteroatoms. The van der Waals surface area contributed by atoms with Crippen LogP contribution in [0, 0.1) is 11.8 Å². The molecular formula is C20H25NO5S. The number of carbonyl (C=O) groups is 3. The number of carbonyl (C=O) groups excluding carboxylic acids is 2. The van der Waals surface area contributed by atoms with E-state index >= 15 is 0 Å². The summed E-state index contributed by atoms with van der Waals surface area (Å²) in [5.74, 6) is -3.09. The number of carboxylic acids is 1. The number of hydrogen-bond acceptors (Lipinski definition) is 5. The van der Waals surface area contributed by atoms with Crippen LogP contribution in [0.25, 0.3) is 0 Å². The van der Waals surface area contributed by atoms with Gasteiger partial charge in [0.25, 0.3) is 0 Å². The molecule has 0 bridgehead atoms. The highest BCUT2D eigenvalue weighted by Crippen LogP contribution is 2.39. The number of amides is 1. The summed E-state index contributed by atoms with van der Waals surface area (Å²) in [6, 6.07) is 0. The third-order valence-corrected chi connectivity index (χ3v) is 6.43. The molecule has 1 aromatic rings. The van der Waals surface area contributed by atoms with E-state index in [4.69, 9.17) is 4.74 Å². The molecule has 0 unspecified atom stereocenters. The van der Waals surface area contributed by atoms with Crippen LogP contribution in [0.4, 0.5) is 5.00 Å². The maximum absolute atomic E-state index is 12.8. The van der Waals surface area contributed by atoms with Gasteiger partial charge >= 0.3 is 11.9 Å². The van der Waals surface area contributed by atoms with Gasteiger partial charge < -0.3 is 15.2 Å². The van der Waals surface area contributed by atoms with Crippen LogP contribution < -0.4 is 5.32 Å². The number of rotatable bonds is 5. The Morgan fingerprint density at radius 1 is 1.15 bits per heavy atom. The molecule has 146 valence electrons. The fourth-order valence-electron chi connectivity index (χ4n) is 3.83. The second-order valence-corrected chi connectivity index (χ2v) is 8.08. The third kappa shape index (κ3) is 4.24. The lowest BCUT2D eigenvalue weighted by molar-refractivity contribution is -0.146. The van der Waals surface area contributed by atoms with Crippen molar-refractivity contribution >= 4 is 34.2 Å². The first kappa shape index (κ1) is 19.6. The van der Waals surface area contributed by atoms with E-state index in [1.807, 2.05) is 6.08 Å². The molecule has 0 aromatic carbocycles. The third-order valence-electron chi connectivity index (χ3n) is 5.22. The van der Waals surface area contributed by atoms with E-state index in [0.717, 1.165) is 42.5 Å². The molecule has 0 saturated heterocycles. The van der Waals surface area contributed by atoms with Crippen molar-refractivity contribution in [2.45, 2.75) is 51.9 Å². The first-order valence-corrected chi connectivity index (χ1v) is 10.3. The summed E-state index contributed by atoms with van der Waals surface area (Å²) in [4.78, 5) is 38.0. The van der Waals surface area contributed by atoms with Crippen molar-refractivity contribution in [3.63, 3.8) is 0 Å². The van der Waals surface area contributed by atoms with Gasteiger partial charge in [0.15, 0.2) is 0 Å². The minimum Gasteiger partial charge on any atom is -0.481 e. The Kier molecular flexibility index (Phi) is 6.31. The molecule has 1 aromatic heterocycles. The summed E-state index contributed by atoms with van der Waals surface area (Å²) in [7, 11) is 0. The summed E-state index contributed by atoms with van der Waals surface area (Å²) >= 11 is 1.43. The number of fused-ring (bicyclic) bond motifs is 1. The van der Waals surface area contributed by atoms with E-state index in [1.54, 1.807) is 13.0 Å². The van der Waals surface area contributed by atoms with Crippen LogP contribution >= 0.6 is 11.3 Å². The lowest BCUT2D eigenvalue weighted by Gasteiger charge is -2.24. The monoisotopic (exact) mass is 391 g/mol. The first-order chi connectivity index (χ1) is 13.0. The number of aliphatic carboxylic acids is 1. The highest BCUT2D eigenvalue weighted by molar-refractivity contribution is 7.17. The van der Waals surface area contributed by atoms with E-state index in [-0.39, 0.29) is 12.5 Å². The highest BCUT2D eigenvalue weighted by atomic mass is 32.1. The summed E-state index contributed by atoms with van der Waals surface area (Å²) in [6.45, 7) is 2.03. The quantitative estimate of drug-likeness (QED) is 0.452. The number of nitrogens with one attached hydrogen (secondary N) is 1. The number of anilines is 1. The molecule has 2 N–H and O–H groups in total. The zero-order chi connectivity index (χ0) is 19.4. The molecule has 1 amide bonds. The van der Waals surface area contributed by atoms with Gasteiger partial charge in [-0.15, -0.1) is 11.3 Å². The maximum atomic E-state index is 12.8. The van der Waals surface area contributed by atoms with Crippen molar-refractivity contribution in [1.82, 2.24) is 0 Å². The van der Waals surface area contributed by atoms with Gasteiger partial charge in [-0.3, -0.25) is 9.59 Å². The van der Waals surface area contributed by atoms with Gasteiger partial charge in [-0.2, -0.15) is 0 Å². The maximum Gasteiger partial charge on any atom is 0.341 e. The zero-order valence-electron chi connectivity index (χ0n) is 15.5. The standard InChI is InChI=1S/C20H25NO5S/c1-2-26-20(25)16-14-10-4-3-5-11-15(14)27-18(16)21-17(22)12-8-6-7-9-13(12)19(23)24/h6-7,12-13H,2-5,8-11H2,1H3,(H,21,22)(H,23,24)/t12-,13-/m0/s1. The molecule has 0 radical (unpaired) electrons. The number of esters is 1. The number of hydrogen-bond donors (Lipinski definition) is 2. The minimum absolute atomic E-state index is 0.269. The molecular weight excluding hydrogens is 366 g/mol. The Balaban J connectivity index is 1.89. The fraction of sp³-hybridized carbons (Fsp3) is 0.550. The number of ether oxygens (including phenoxy) is 1. The lowest BCUT2D eigenvalue weighted by atomic mass is 9.82. The SMILES string of the molecule is CCOC(=O)c1c(NC(=O)[C@H]2CC=CC[C@@H]2C(=O)O)sc2c1CCCCC2. The normalized spacial score (nSPS) is 21.8. The summed E-state index contributed by atoms with van der Waals surface area (Å²) in [6.07, 6.45) is 9.29. The molecule has 3 rings (SSSR count). The van der Waals surface area contributed by atoms with Gasteiger partial charge in [0.05, 0.1) is 24.0 Å². The summed E-state index contributed by atoms with van der Waals surface area (Å²) < 4.78 is 5.23. The van der Waals surface area contributed by atoms with E-state index in [0.29, 0.717) is 23.4 Å². The van der Waals surface area contributed by atoms with Gasteiger partial charge in [-0.05, 0) is 51.0 Å². The van der Waals surface area contributed by atoms with E-state index in [2.05, 4.69) is 5.32 Å². The molecule has 0 saturated carbocycles. The molecule has 2 aliphatic rings. The molecule has 2 atom stereocenters. The van der Waals surface area contributed by atoms with Gasteiger partial charge in [-0.1, -0.05) is 18.6 Å². The summed E-state index contributed by atoms with van der Waals surface area (Å²) in [5.41, 5.74) is 1.45. The van der Waals surface area contributed by atoms with Crippen molar-refractivity contribution in [3.8, 4) is 0 Å². The van der Waals surface area contributed by atoms with Gasteiger partial charge in [-0.25, -0.2) is 4.79 Å². The van der Waals surface area contributed by atoms with Crippen LogP contribution in [-0.2, 0) is 27.2 Å². The Bertz CT molecular complexity index is 767. The predicted molar refractivity (Wildman–Crippen MR) is 103 cm³/mol. The van der Waals surface area contributed by atoms with Crippen LogP contribution in [-0.4, -0.2) is 29.6 Å². The summed E-state index contributed by atoms with van der Waals surface area (Å²) in [5, 5.41) is 12.8. The largest absolute Gasteiger partial charge is 0.481 e. The van der Waals surface area contributed by atoms with Crippen molar-refractivity contribution in [3.05, 3.63) is 28.2 Å². The molecule has 0 aliphatic heterocycles.